The molecule has 0 spiro atoms. The second-order valence-corrected chi connectivity index (χ2v) is 17.7. The summed E-state index contributed by atoms with van der Waals surface area (Å²) in [4.78, 5) is 15.9. The van der Waals surface area contributed by atoms with Gasteiger partial charge >= 0.3 is 0 Å². The fourth-order valence-electron chi connectivity index (χ4n) is 9.32. The lowest BCUT2D eigenvalue weighted by Crippen LogP contribution is -2.48. The van der Waals surface area contributed by atoms with Gasteiger partial charge in [-0.3, -0.25) is 0 Å². The molecule has 0 amide bonds. The van der Waals surface area contributed by atoms with Crippen LogP contribution in [0.2, 0.25) is 0 Å². The summed E-state index contributed by atoms with van der Waals surface area (Å²) in [6.07, 6.45) is 0. The number of aromatic nitrogens is 3. The lowest BCUT2D eigenvalue weighted by atomic mass is 9.60. The summed E-state index contributed by atoms with van der Waals surface area (Å²) in [5, 5.41) is 2.82. The Bertz CT molecular complexity index is 3090. The fraction of sp³-hybridized carbons (Fsp3) is 0. The van der Waals surface area contributed by atoms with Crippen molar-refractivity contribution >= 4 is 178 Å². The molecule has 274 valence electrons. The van der Waals surface area contributed by atoms with Gasteiger partial charge in [0.15, 0.2) is 17.5 Å². The van der Waals surface area contributed by atoms with Gasteiger partial charge in [-0.05, 0) is 44.2 Å². The summed E-state index contributed by atoms with van der Waals surface area (Å²) < 4.78 is 2.78. The average Bonchev–Trinajstić information content (AvgIpc) is 3.69. The van der Waals surface area contributed by atoms with Crippen LogP contribution in [0.1, 0.15) is 0 Å². The Hall–Kier alpha value is -5.52. The van der Waals surface area contributed by atoms with Crippen molar-refractivity contribution in [2.75, 3.05) is 0 Å². The van der Waals surface area contributed by atoms with E-state index < -0.39 is 0 Å². The molecule has 15 heteroatoms. The molecule has 3 nitrogen and oxygen atoms in total. The first-order valence-electron chi connectivity index (χ1n) is 21.0. The van der Waals surface area contributed by atoms with Crippen LogP contribution in [-0.4, -0.2) is 101 Å². The molecule has 0 aliphatic heterocycles. The van der Waals surface area contributed by atoms with Gasteiger partial charge in [-0.25, -0.2) is 15.0 Å². The third kappa shape index (κ3) is 6.48. The first kappa shape index (κ1) is 39.9. The van der Waals surface area contributed by atoms with Crippen molar-refractivity contribution in [1.82, 2.24) is 15.0 Å². The molecular formula is C45H40B11N3S. The highest BCUT2D eigenvalue weighted by molar-refractivity contribution is 7.28. The summed E-state index contributed by atoms with van der Waals surface area (Å²) >= 11 is 1.97. The maximum absolute atomic E-state index is 5.37. The molecule has 9 aromatic rings. The number of rotatable bonds is 6. The maximum Gasteiger partial charge on any atom is 0.164 e. The number of benzene rings is 7. The minimum atomic E-state index is 0.659. The van der Waals surface area contributed by atoms with Gasteiger partial charge in [0.05, 0.1) is 0 Å². The van der Waals surface area contributed by atoms with E-state index in [1.54, 1.807) is 0 Å². The zero-order valence-electron chi connectivity index (χ0n) is 36.6. The molecule has 0 fully saturated rings. The minimum absolute atomic E-state index is 0.659. The van der Waals surface area contributed by atoms with Gasteiger partial charge in [0.2, 0.25) is 0 Å². The Balaban J connectivity index is 1.30. The molecule has 2 heterocycles. The summed E-state index contributed by atoms with van der Waals surface area (Å²) in [7, 11) is 25.2. The molecule has 0 bridgehead atoms. The van der Waals surface area contributed by atoms with E-state index in [4.69, 9.17) is 15.0 Å². The average molecular weight is 774 g/mol. The lowest BCUT2D eigenvalue weighted by molar-refractivity contribution is 1.08. The van der Waals surface area contributed by atoms with Crippen LogP contribution in [0.4, 0.5) is 0 Å². The second kappa shape index (κ2) is 15.5. The maximum atomic E-state index is 5.37. The summed E-state index contributed by atoms with van der Waals surface area (Å²) in [5.41, 5.74) is 24.9. The molecule has 2 aromatic heterocycles. The van der Waals surface area contributed by atoms with Gasteiger partial charge in [0.1, 0.15) is 86.3 Å². The van der Waals surface area contributed by atoms with Gasteiger partial charge in [-0.1, -0.05) is 147 Å². The quantitative estimate of drug-likeness (QED) is 0.158. The molecule has 0 radical (unpaired) electrons. The Kier molecular flexibility index (Phi) is 10.3. The number of hydrogen-bond acceptors (Lipinski definition) is 4. The van der Waals surface area contributed by atoms with Crippen molar-refractivity contribution in [3.63, 3.8) is 0 Å². The number of thiophene rings is 1. The van der Waals surface area contributed by atoms with Crippen LogP contribution in [0, 0.1) is 0 Å². The molecular weight excluding hydrogens is 734 g/mol. The third-order valence-electron chi connectivity index (χ3n) is 13.6. The fourth-order valence-corrected chi connectivity index (χ4v) is 10.9. The lowest BCUT2D eigenvalue weighted by Gasteiger charge is -2.25. The molecule has 7 aromatic carbocycles. The summed E-state index contributed by atoms with van der Waals surface area (Å²) in [6.45, 7) is 0. The first-order valence-corrected chi connectivity index (χ1v) is 21.8. The van der Waals surface area contributed by atoms with E-state index in [9.17, 15) is 0 Å². The van der Waals surface area contributed by atoms with E-state index >= 15 is 0 Å². The van der Waals surface area contributed by atoms with Crippen LogP contribution in [0.25, 0.3) is 87.7 Å². The Morgan fingerprint density at radius 3 is 1.12 bits per heavy atom. The van der Waals surface area contributed by atoms with E-state index in [2.05, 4.69) is 196 Å². The van der Waals surface area contributed by atoms with E-state index in [0.29, 0.717) is 17.5 Å². The van der Waals surface area contributed by atoms with Crippen molar-refractivity contribution in [3.05, 3.63) is 109 Å². The normalized spacial score (nSPS) is 11.4. The van der Waals surface area contributed by atoms with Crippen molar-refractivity contribution in [1.29, 1.82) is 0 Å². The second-order valence-electron chi connectivity index (χ2n) is 16.7. The first-order chi connectivity index (χ1) is 28.8. The molecule has 0 saturated carbocycles. The largest absolute Gasteiger partial charge is 0.208 e. The zero-order chi connectivity index (χ0) is 42.1. The molecule has 0 unspecified atom stereocenters. The van der Waals surface area contributed by atoms with Gasteiger partial charge < -0.3 is 0 Å². The highest BCUT2D eigenvalue weighted by Gasteiger charge is 2.26. The summed E-state index contributed by atoms with van der Waals surface area (Å²) in [5.74, 6) is 2.01. The Labute approximate surface area is 367 Å². The van der Waals surface area contributed by atoms with Gasteiger partial charge in [0.25, 0.3) is 0 Å². The predicted octanol–water partition coefficient (Wildman–Crippen LogP) is -6.92. The van der Waals surface area contributed by atoms with Crippen LogP contribution < -0.4 is 60.1 Å². The smallest absolute Gasteiger partial charge is 0.164 e. The molecule has 0 N–H and O–H groups in total. The molecule has 0 saturated heterocycles. The molecule has 60 heavy (non-hydrogen) atoms. The molecule has 0 aliphatic rings. The molecule has 9 rings (SSSR count). The van der Waals surface area contributed by atoms with Crippen molar-refractivity contribution in [3.8, 4) is 67.5 Å². The van der Waals surface area contributed by atoms with E-state index in [1.807, 2.05) is 11.3 Å². The monoisotopic (exact) mass is 775 g/mol. The molecule has 0 atom stereocenters. The topological polar surface area (TPSA) is 38.7 Å². The van der Waals surface area contributed by atoms with Gasteiger partial charge in [0, 0.05) is 26.1 Å². The van der Waals surface area contributed by atoms with Crippen LogP contribution in [-0.2, 0) is 0 Å². The Morgan fingerprint density at radius 2 is 0.617 bits per heavy atom. The number of hydrogen-bond donors (Lipinski definition) is 0. The van der Waals surface area contributed by atoms with Crippen LogP contribution in [0.5, 0.6) is 0 Å². The van der Waals surface area contributed by atoms with Crippen LogP contribution in [0.15, 0.2) is 109 Å². The SMILES string of the molecule is Bc1c(B)c(-c2nc(-c3ccc(-c4ccccc4)cc3)nc(-c3ccc(-c4ccccc4)cc3)n2)c(B)c(-c2c(B)c(B)c(B)c3c2sc2c(B)c(B)c(B)c(B)c23)c1B. The predicted molar refractivity (Wildman–Crippen MR) is 295 cm³/mol. The highest BCUT2D eigenvalue weighted by atomic mass is 32.1. The zero-order valence-corrected chi connectivity index (χ0v) is 37.5. The van der Waals surface area contributed by atoms with E-state index in [0.717, 1.165) is 27.8 Å². The van der Waals surface area contributed by atoms with Crippen LogP contribution >= 0.6 is 11.3 Å². The van der Waals surface area contributed by atoms with Crippen molar-refractivity contribution < 1.29 is 0 Å². The van der Waals surface area contributed by atoms with Crippen molar-refractivity contribution in [2.45, 2.75) is 0 Å². The van der Waals surface area contributed by atoms with E-state index in [-0.39, 0.29) is 0 Å². The van der Waals surface area contributed by atoms with E-state index in [1.165, 1.54) is 103 Å². The standard InChI is InChI=1S/C45H40B11N3S/c46-30-25(26-32(48)37(53)33(49)27-28-34(50)38(54)39(55)40(56)42(28)60-41(26)27)31(47)36(52)35(51)29(30)45-58-43(23-15-11-21(12-16-23)19-7-3-1-4-8-19)57-44(59-45)24-17-13-22(14-18-24)20-9-5-2-6-10-20/h1-18H,46-56H2. The van der Waals surface area contributed by atoms with Crippen molar-refractivity contribution in [2.24, 2.45) is 0 Å². The number of fused-ring (bicyclic) bond motifs is 3. The highest BCUT2D eigenvalue weighted by Crippen LogP contribution is 2.36. The Morgan fingerprint density at radius 1 is 0.267 bits per heavy atom. The van der Waals surface area contributed by atoms with Crippen LogP contribution in [0.3, 0.4) is 0 Å². The summed E-state index contributed by atoms with van der Waals surface area (Å²) in [6, 6.07) is 38.2. The van der Waals surface area contributed by atoms with Gasteiger partial charge in [-0.15, -0.1) is 33.2 Å². The minimum Gasteiger partial charge on any atom is -0.208 e. The van der Waals surface area contributed by atoms with Gasteiger partial charge in [-0.2, -0.15) is 0 Å². The molecule has 0 aliphatic carbocycles. The third-order valence-corrected chi connectivity index (χ3v) is 15.0. The number of nitrogens with zero attached hydrogens (tertiary/aromatic N) is 3.